The molecule has 0 fully saturated rings. The number of rotatable bonds is 4. The maximum absolute atomic E-state index is 5.59. The van der Waals surface area contributed by atoms with Crippen molar-refractivity contribution in [3.63, 3.8) is 0 Å². The van der Waals surface area contributed by atoms with Gasteiger partial charge in [-0.3, -0.25) is 0 Å². The first-order valence-electron chi connectivity index (χ1n) is 4.99. The van der Waals surface area contributed by atoms with Crippen LogP contribution in [0.1, 0.15) is 5.56 Å². The average molecular weight is 222 g/mol. The third-order valence-electron chi connectivity index (χ3n) is 1.67. The van der Waals surface area contributed by atoms with Crippen LogP contribution in [0, 0.1) is 6.92 Å². The van der Waals surface area contributed by atoms with E-state index < -0.39 is 8.32 Å². The van der Waals surface area contributed by atoms with Crippen molar-refractivity contribution in [3.8, 4) is 5.75 Å². The Morgan fingerprint density at radius 3 is 2.13 bits per heavy atom. The quantitative estimate of drug-likeness (QED) is 0.571. The SMILES string of the molecule is C=C(Oc1ccc(C)cc1)O[Si](C)(C)C. The molecule has 15 heavy (non-hydrogen) atoms. The molecule has 0 aliphatic rings. The first kappa shape index (κ1) is 11.8. The van der Waals surface area contributed by atoms with E-state index in [0.29, 0.717) is 5.95 Å². The lowest BCUT2D eigenvalue weighted by Crippen LogP contribution is -2.26. The molecule has 0 saturated carbocycles. The number of hydrogen-bond donors (Lipinski definition) is 0. The fourth-order valence-corrected chi connectivity index (χ4v) is 1.82. The molecule has 0 aliphatic carbocycles. The monoisotopic (exact) mass is 222 g/mol. The highest BCUT2D eigenvalue weighted by Gasteiger charge is 2.17. The topological polar surface area (TPSA) is 18.5 Å². The van der Waals surface area contributed by atoms with Gasteiger partial charge < -0.3 is 9.16 Å². The Morgan fingerprint density at radius 2 is 1.67 bits per heavy atom. The second-order valence-electron chi connectivity index (χ2n) is 4.50. The molecule has 1 aromatic carbocycles. The maximum atomic E-state index is 5.59. The van der Waals surface area contributed by atoms with Crippen molar-refractivity contribution in [2.75, 3.05) is 0 Å². The minimum atomic E-state index is -1.61. The first-order chi connectivity index (χ1) is 6.87. The predicted octanol–water partition coefficient (Wildman–Crippen LogP) is 3.70. The Bertz CT molecular complexity index is 336. The second-order valence-corrected chi connectivity index (χ2v) is 8.93. The van der Waals surface area contributed by atoms with Gasteiger partial charge in [-0.2, -0.15) is 0 Å². The summed E-state index contributed by atoms with van der Waals surface area (Å²) in [6.07, 6.45) is 0. The summed E-state index contributed by atoms with van der Waals surface area (Å²) in [5.74, 6) is 1.15. The van der Waals surface area contributed by atoms with E-state index in [0.717, 1.165) is 5.75 Å². The van der Waals surface area contributed by atoms with Crippen molar-refractivity contribution in [1.29, 1.82) is 0 Å². The Labute approximate surface area is 92.7 Å². The molecule has 0 radical (unpaired) electrons. The molecule has 0 spiro atoms. The van der Waals surface area contributed by atoms with Gasteiger partial charge in [-0.05, 0) is 45.3 Å². The molecule has 0 amide bonds. The van der Waals surface area contributed by atoms with Gasteiger partial charge in [0.1, 0.15) is 5.75 Å². The van der Waals surface area contributed by atoms with Crippen molar-refractivity contribution >= 4 is 8.32 Å². The summed E-state index contributed by atoms with van der Waals surface area (Å²) < 4.78 is 11.1. The third kappa shape index (κ3) is 4.70. The van der Waals surface area contributed by atoms with E-state index in [-0.39, 0.29) is 0 Å². The number of hydrogen-bond acceptors (Lipinski definition) is 2. The van der Waals surface area contributed by atoms with Gasteiger partial charge in [0, 0.05) is 0 Å². The fourth-order valence-electron chi connectivity index (χ4n) is 1.10. The standard InChI is InChI=1S/C12H18O2Si/c1-10-6-8-12(9-7-10)13-11(2)14-15(3,4)5/h6-9H,2H2,1,3-5H3. The van der Waals surface area contributed by atoms with Crippen LogP contribution in [-0.2, 0) is 4.43 Å². The molecule has 0 saturated heterocycles. The summed E-state index contributed by atoms with van der Waals surface area (Å²) in [6.45, 7) is 12.1. The van der Waals surface area contributed by atoms with Crippen LogP contribution in [0.15, 0.2) is 36.8 Å². The molecule has 0 atom stereocenters. The summed E-state index contributed by atoms with van der Waals surface area (Å²) >= 11 is 0. The molecule has 3 heteroatoms. The van der Waals surface area contributed by atoms with Crippen LogP contribution in [0.25, 0.3) is 0 Å². The van der Waals surface area contributed by atoms with Crippen molar-refractivity contribution in [2.45, 2.75) is 26.6 Å². The molecule has 2 nitrogen and oxygen atoms in total. The van der Waals surface area contributed by atoms with E-state index in [1.54, 1.807) is 0 Å². The Hall–Kier alpha value is -1.22. The van der Waals surface area contributed by atoms with Gasteiger partial charge in [0.15, 0.2) is 0 Å². The lowest BCUT2D eigenvalue weighted by molar-refractivity contribution is 0.224. The molecule has 0 bridgehead atoms. The highest BCUT2D eigenvalue weighted by molar-refractivity contribution is 6.69. The van der Waals surface area contributed by atoms with Gasteiger partial charge >= 0.3 is 0 Å². The van der Waals surface area contributed by atoms with E-state index in [4.69, 9.17) is 9.16 Å². The van der Waals surface area contributed by atoms with E-state index in [9.17, 15) is 0 Å². The molecular formula is C12H18O2Si. The molecule has 0 unspecified atom stereocenters. The van der Waals surface area contributed by atoms with Crippen LogP contribution in [0.3, 0.4) is 0 Å². The molecule has 1 rings (SSSR count). The minimum Gasteiger partial charge on any atom is -0.520 e. The highest BCUT2D eigenvalue weighted by atomic mass is 28.4. The molecular weight excluding hydrogens is 204 g/mol. The highest BCUT2D eigenvalue weighted by Crippen LogP contribution is 2.17. The Morgan fingerprint density at radius 1 is 1.13 bits per heavy atom. The van der Waals surface area contributed by atoms with Gasteiger partial charge in [-0.25, -0.2) is 0 Å². The molecule has 0 N–H and O–H groups in total. The normalized spacial score (nSPS) is 10.9. The largest absolute Gasteiger partial charge is 0.520 e. The molecule has 0 aromatic heterocycles. The van der Waals surface area contributed by atoms with Crippen LogP contribution >= 0.6 is 0 Å². The van der Waals surface area contributed by atoms with Gasteiger partial charge in [-0.1, -0.05) is 17.7 Å². The molecule has 1 aromatic rings. The lowest BCUT2D eigenvalue weighted by Gasteiger charge is -2.20. The molecule has 82 valence electrons. The maximum Gasteiger partial charge on any atom is 0.263 e. The number of benzene rings is 1. The van der Waals surface area contributed by atoms with Crippen LogP contribution in [0.5, 0.6) is 5.75 Å². The van der Waals surface area contributed by atoms with Crippen molar-refractivity contribution in [3.05, 3.63) is 42.4 Å². The van der Waals surface area contributed by atoms with E-state index in [1.165, 1.54) is 5.56 Å². The van der Waals surface area contributed by atoms with Crippen molar-refractivity contribution in [2.24, 2.45) is 0 Å². The van der Waals surface area contributed by atoms with E-state index in [1.807, 2.05) is 31.2 Å². The van der Waals surface area contributed by atoms with E-state index in [2.05, 4.69) is 26.2 Å². The smallest absolute Gasteiger partial charge is 0.263 e. The van der Waals surface area contributed by atoms with Gasteiger partial charge in [0.2, 0.25) is 8.32 Å². The molecule has 0 heterocycles. The van der Waals surface area contributed by atoms with Crippen LogP contribution < -0.4 is 4.74 Å². The van der Waals surface area contributed by atoms with Crippen molar-refractivity contribution < 1.29 is 9.16 Å². The average Bonchev–Trinajstić information content (AvgIpc) is 2.05. The predicted molar refractivity (Wildman–Crippen MR) is 65.4 cm³/mol. The zero-order valence-electron chi connectivity index (χ0n) is 9.83. The van der Waals surface area contributed by atoms with Gasteiger partial charge in [-0.15, -0.1) is 0 Å². The second kappa shape index (κ2) is 4.53. The zero-order chi connectivity index (χ0) is 11.5. The Kier molecular flexibility index (Phi) is 3.58. The zero-order valence-corrected chi connectivity index (χ0v) is 10.8. The summed E-state index contributed by atoms with van der Waals surface area (Å²) in [4.78, 5) is 0. The van der Waals surface area contributed by atoms with Crippen LogP contribution in [0.4, 0.5) is 0 Å². The summed E-state index contributed by atoms with van der Waals surface area (Å²) in [7, 11) is -1.61. The number of aryl methyl sites for hydroxylation is 1. The molecule has 0 aliphatic heterocycles. The Balaban J connectivity index is 2.55. The first-order valence-corrected chi connectivity index (χ1v) is 8.40. The summed E-state index contributed by atoms with van der Waals surface area (Å²) in [5, 5.41) is 0. The summed E-state index contributed by atoms with van der Waals surface area (Å²) in [6, 6.07) is 7.82. The lowest BCUT2D eigenvalue weighted by atomic mass is 10.2. The van der Waals surface area contributed by atoms with Gasteiger partial charge in [0.25, 0.3) is 5.95 Å². The van der Waals surface area contributed by atoms with Crippen molar-refractivity contribution in [1.82, 2.24) is 0 Å². The summed E-state index contributed by atoms with van der Waals surface area (Å²) in [5.41, 5.74) is 1.21. The van der Waals surface area contributed by atoms with Crippen LogP contribution in [-0.4, -0.2) is 8.32 Å². The third-order valence-corrected chi connectivity index (χ3v) is 2.51. The fraction of sp³-hybridized carbons (Fsp3) is 0.333. The minimum absolute atomic E-state index is 0.387. The van der Waals surface area contributed by atoms with E-state index >= 15 is 0 Å². The number of ether oxygens (including phenoxy) is 1. The van der Waals surface area contributed by atoms with Gasteiger partial charge in [0.05, 0.1) is 0 Å². The van der Waals surface area contributed by atoms with Crippen LogP contribution in [0.2, 0.25) is 19.6 Å².